The van der Waals surface area contributed by atoms with Gasteiger partial charge in [0.15, 0.2) is 4.34 Å². The Morgan fingerprint density at radius 2 is 2.00 bits per heavy atom. The molecule has 32 heavy (non-hydrogen) atoms. The number of hydrogen-bond donors (Lipinski definition) is 3. The van der Waals surface area contributed by atoms with E-state index in [2.05, 4.69) is 15.5 Å². The molecular weight excluding hydrogens is 465 g/mol. The van der Waals surface area contributed by atoms with E-state index in [0.717, 1.165) is 5.01 Å². The van der Waals surface area contributed by atoms with Gasteiger partial charge in [-0.2, -0.15) is 0 Å². The summed E-state index contributed by atoms with van der Waals surface area (Å²) >= 11 is 2.58. The summed E-state index contributed by atoms with van der Waals surface area (Å²) in [7, 11) is 0. The van der Waals surface area contributed by atoms with Crippen LogP contribution >= 0.6 is 23.1 Å². The molecule has 2 saturated heterocycles. The number of carboxylic acid groups (broad SMARTS) is 1. The van der Waals surface area contributed by atoms with Gasteiger partial charge in [0.05, 0.1) is 6.04 Å². The molecule has 0 saturated carbocycles. The first-order chi connectivity index (χ1) is 14.8. The maximum absolute atomic E-state index is 12.9. The zero-order chi connectivity index (χ0) is 21.9. The van der Waals surface area contributed by atoms with Crippen molar-refractivity contribution in [3.05, 3.63) is 39.9 Å². The number of urea groups is 1. The molecule has 2 aromatic rings. The van der Waals surface area contributed by atoms with Crippen LogP contribution in [0.4, 0.5) is 10.5 Å². The molecule has 13 heteroatoms. The van der Waals surface area contributed by atoms with Crippen LogP contribution in [0.5, 0.6) is 5.75 Å². The molecule has 162 valence electrons. The van der Waals surface area contributed by atoms with Gasteiger partial charge >= 0.3 is 41.6 Å². The molecule has 1 aromatic heterocycles. The number of aliphatic carboxylic acids is 1. The average Bonchev–Trinajstić information content (AvgIpc) is 3.30. The SMILES string of the molecule is Cc1nnc(SC2=C(C(=O)O)N3C(=O)[C@@H]4[C@H]3[C@H](C2)CN4C(=O)Nc2ccc(O)cc2)s1.[H-].[Na+]. The van der Waals surface area contributed by atoms with Gasteiger partial charge in [-0.25, -0.2) is 9.59 Å². The number of anilines is 1. The molecule has 2 fully saturated rings. The second-order valence-electron chi connectivity index (χ2n) is 7.50. The van der Waals surface area contributed by atoms with Crippen molar-refractivity contribution in [1.82, 2.24) is 20.0 Å². The Kier molecular flexibility index (Phi) is 6.25. The number of amides is 3. The number of likely N-dealkylation sites (tertiary alicyclic amines) is 1. The van der Waals surface area contributed by atoms with E-state index in [-0.39, 0.29) is 54.4 Å². The number of thioether (sulfide) groups is 1. The quantitative estimate of drug-likeness (QED) is 0.292. The van der Waals surface area contributed by atoms with Crippen LogP contribution in [0.1, 0.15) is 12.9 Å². The van der Waals surface area contributed by atoms with Crippen LogP contribution < -0.4 is 34.9 Å². The largest absolute Gasteiger partial charge is 1.00 e. The molecule has 0 radical (unpaired) electrons. The van der Waals surface area contributed by atoms with Gasteiger partial charge in [-0.1, -0.05) is 23.1 Å². The van der Waals surface area contributed by atoms with Crippen LogP contribution in [0.25, 0.3) is 0 Å². The van der Waals surface area contributed by atoms with Crippen LogP contribution in [0.2, 0.25) is 0 Å². The number of carboxylic acids is 1. The zero-order valence-corrected chi connectivity index (χ0v) is 20.8. The third kappa shape index (κ3) is 3.79. The number of β-lactam (4-membered cyclic amide) rings is 1. The van der Waals surface area contributed by atoms with Crippen molar-refractivity contribution in [3.8, 4) is 5.75 Å². The number of nitrogens with zero attached hydrogens (tertiary/aromatic N) is 4. The summed E-state index contributed by atoms with van der Waals surface area (Å²) in [6.45, 7) is 2.16. The number of carbonyl (C=O) groups excluding carboxylic acids is 2. The molecular formula is C19H18N5NaO5S2. The summed E-state index contributed by atoms with van der Waals surface area (Å²) in [4.78, 5) is 41.1. The van der Waals surface area contributed by atoms with E-state index >= 15 is 0 Å². The number of phenols is 1. The fourth-order valence-corrected chi connectivity index (χ4v) is 6.47. The summed E-state index contributed by atoms with van der Waals surface area (Å²) in [5, 5.41) is 30.7. The first-order valence-corrected chi connectivity index (χ1v) is 11.1. The maximum Gasteiger partial charge on any atom is 1.00 e. The van der Waals surface area contributed by atoms with Crippen LogP contribution in [0, 0.1) is 12.8 Å². The fourth-order valence-electron chi connectivity index (χ4n) is 4.36. The molecule has 3 amide bonds. The Bertz CT molecular complexity index is 1140. The number of hydrogen-bond acceptors (Lipinski definition) is 8. The van der Waals surface area contributed by atoms with E-state index < -0.39 is 23.9 Å². The van der Waals surface area contributed by atoms with E-state index in [1.807, 2.05) is 6.92 Å². The average molecular weight is 484 g/mol. The predicted molar refractivity (Wildman–Crippen MR) is 113 cm³/mol. The van der Waals surface area contributed by atoms with Crippen molar-refractivity contribution in [3.63, 3.8) is 0 Å². The Balaban J connectivity index is 0.00000153. The Morgan fingerprint density at radius 3 is 2.62 bits per heavy atom. The zero-order valence-electron chi connectivity index (χ0n) is 18.2. The van der Waals surface area contributed by atoms with Gasteiger partial charge in [-0.3, -0.25) is 9.69 Å². The number of phenolic OH excluding ortho intramolecular Hbond substituents is 1. The number of benzene rings is 1. The van der Waals surface area contributed by atoms with Gasteiger partial charge in [-0.15, -0.1) is 10.2 Å². The molecule has 5 rings (SSSR count). The number of aromatic hydroxyl groups is 1. The molecule has 0 unspecified atom stereocenters. The first kappa shape index (κ1) is 23.1. The molecule has 3 aliphatic heterocycles. The first-order valence-electron chi connectivity index (χ1n) is 9.47. The fraction of sp³-hybridized carbons (Fsp3) is 0.316. The third-order valence-corrected chi connectivity index (χ3v) is 7.61. The van der Waals surface area contributed by atoms with E-state index in [0.29, 0.717) is 27.9 Å². The molecule has 1 aromatic carbocycles. The Morgan fingerprint density at radius 1 is 1.28 bits per heavy atom. The second-order valence-corrected chi connectivity index (χ2v) is 10.0. The summed E-state index contributed by atoms with van der Waals surface area (Å²) in [5.74, 6) is -1.54. The minimum absolute atomic E-state index is 0. The normalized spacial score (nSPS) is 23.4. The molecule has 0 spiro atoms. The molecule has 3 atom stereocenters. The number of rotatable bonds is 4. The number of aromatic nitrogens is 2. The van der Waals surface area contributed by atoms with Crippen molar-refractivity contribution in [2.24, 2.45) is 5.92 Å². The second kappa shape index (κ2) is 8.67. The Labute approximate surface area is 214 Å². The van der Waals surface area contributed by atoms with Gasteiger partial charge in [0, 0.05) is 23.1 Å². The monoisotopic (exact) mass is 483 g/mol. The minimum Gasteiger partial charge on any atom is -1.00 e. The minimum atomic E-state index is -1.17. The standard InChI is InChI=1S/C19H17N5O5S2.Na.H/c1-8-21-22-19(30-8)31-12-6-9-7-23(18(29)20-10-2-4-11(25)5-3-10)15-13(9)24(16(15)26)14(12)17(27)28;;/h2-5,9,13,15,25H,6-7H2,1H3,(H,20,29)(H,27,28);;/q;+1;-1/t9-,13-,15+;;/m1../s1. The van der Waals surface area contributed by atoms with E-state index in [1.165, 1.54) is 45.0 Å². The summed E-state index contributed by atoms with van der Waals surface area (Å²) in [5.41, 5.74) is 0.467. The maximum atomic E-state index is 12.9. The van der Waals surface area contributed by atoms with Crippen molar-refractivity contribution in [2.45, 2.75) is 29.8 Å². The van der Waals surface area contributed by atoms with E-state index in [1.54, 1.807) is 12.1 Å². The number of allylic oxidation sites excluding steroid dienone is 1. The van der Waals surface area contributed by atoms with Crippen molar-refractivity contribution >= 4 is 46.7 Å². The summed E-state index contributed by atoms with van der Waals surface area (Å²) in [6.07, 6.45) is 0.443. The molecule has 3 N–H and O–H groups in total. The summed E-state index contributed by atoms with van der Waals surface area (Å²) < 4.78 is 0.620. The van der Waals surface area contributed by atoms with Gasteiger partial charge in [0.2, 0.25) is 0 Å². The number of aryl methyl sites for hydroxylation is 1. The van der Waals surface area contributed by atoms with Gasteiger partial charge < -0.3 is 21.9 Å². The van der Waals surface area contributed by atoms with Gasteiger partial charge in [-0.05, 0) is 37.6 Å². The van der Waals surface area contributed by atoms with Crippen molar-refractivity contribution in [1.29, 1.82) is 0 Å². The summed E-state index contributed by atoms with van der Waals surface area (Å²) in [6, 6.07) is 4.59. The smallest absolute Gasteiger partial charge is 1.00 e. The molecule has 10 nitrogen and oxygen atoms in total. The van der Waals surface area contributed by atoms with Crippen molar-refractivity contribution in [2.75, 3.05) is 11.9 Å². The topological polar surface area (TPSA) is 136 Å². The molecule has 0 aliphatic carbocycles. The van der Waals surface area contributed by atoms with Crippen LogP contribution in [-0.2, 0) is 9.59 Å². The van der Waals surface area contributed by atoms with Gasteiger partial charge in [0.25, 0.3) is 5.91 Å². The molecule has 4 heterocycles. The molecule has 3 aliphatic rings. The number of carbonyl (C=O) groups is 3. The van der Waals surface area contributed by atoms with Gasteiger partial charge in [0.1, 0.15) is 22.5 Å². The van der Waals surface area contributed by atoms with Crippen molar-refractivity contribution < 1.29 is 55.6 Å². The predicted octanol–water partition coefficient (Wildman–Crippen LogP) is -0.796. The Hall–Kier alpha value is -2.12. The third-order valence-electron chi connectivity index (χ3n) is 5.61. The van der Waals surface area contributed by atoms with Crippen LogP contribution in [0.3, 0.4) is 0 Å². The van der Waals surface area contributed by atoms with E-state index in [9.17, 15) is 24.6 Å². The molecule has 0 bridgehead atoms. The van der Waals surface area contributed by atoms with Crippen LogP contribution in [0.15, 0.2) is 39.2 Å². The number of nitrogens with one attached hydrogen (secondary N) is 1. The van der Waals surface area contributed by atoms with E-state index in [4.69, 9.17) is 0 Å². The van der Waals surface area contributed by atoms with Crippen LogP contribution in [-0.4, -0.2) is 66.7 Å².